The van der Waals surface area contributed by atoms with Gasteiger partial charge in [-0.3, -0.25) is 9.59 Å². The quantitative estimate of drug-likeness (QED) is 0.748. The zero-order valence-corrected chi connectivity index (χ0v) is 19.1. The van der Waals surface area contributed by atoms with Gasteiger partial charge < -0.3 is 19.9 Å². The zero-order chi connectivity index (χ0) is 22.7. The van der Waals surface area contributed by atoms with E-state index in [0.717, 1.165) is 47.8 Å². The maximum atomic E-state index is 13.1. The van der Waals surface area contributed by atoms with Crippen molar-refractivity contribution in [1.29, 1.82) is 0 Å². The number of nitrogens with zero attached hydrogens (tertiary/aromatic N) is 4. The first kappa shape index (κ1) is 22.0. The number of fused-ring (bicyclic) bond motifs is 1. The molecule has 8 nitrogen and oxygen atoms in total. The molecule has 0 spiro atoms. The molecule has 1 aromatic heterocycles. The Morgan fingerprint density at radius 1 is 1.22 bits per heavy atom. The Balaban J connectivity index is 1.52. The van der Waals surface area contributed by atoms with Gasteiger partial charge in [-0.05, 0) is 30.9 Å². The van der Waals surface area contributed by atoms with Gasteiger partial charge in [0.2, 0.25) is 11.8 Å². The van der Waals surface area contributed by atoms with E-state index in [9.17, 15) is 9.59 Å². The minimum atomic E-state index is -0.108. The zero-order valence-electron chi connectivity index (χ0n) is 19.1. The van der Waals surface area contributed by atoms with Gasteiger partial charge in [0.15, 0.2) is 5.82 Å². The van der Waals surface area contributed by atoms with Crippen molar-refractivity contribution in [2.45, 2.75) is 51.6 Å². The number of methoxy groups -OCH3 is 1. The molecule has 170 valence electrons. The van der Waals surface area contributed by atoms with Crippen molar-refractivity contribution in [2.75, 3.05) is 32.6 Å². The van der Waals surface area contributed by atoms with Crippen molar-refractivity contribution >= 4 is 17.6 Å². The van der Waals surface area contributed by atoms with Crippen molar-refractivity contribution in [3.63, 3.8) is 0 Å². The lowest BCUT2D eigenvalue weighted by atomic mass is 10.0. The molecular weight excluding hydrogens is 406 g/mol. The Morgan fingerprint density at radius 3 is 2.78 bits per heavy atom. The molecule has 8 heteroatoms. The lowest BCUT2D eigenvalue weighted by Crippen LogP contribution is -2.36. The number of carbonyl (C=O) groups is 2. The molecule has 2 aliphatic rings. The molecule has 0 saturated carbocycles. The van der Waals surface area contributed by atoms with Crippen molar-refractivity contribution in [2.24, 2.45) is 0 Å². The largest absolute Gasteiger partial charge is 0.496 e. The van der Waals surface area contributed by atoms with Gasteiger partial charge in [-0.2, -0.15) is 0 Å². The fraction of sp³-hybridized carbons (Fsp3) is 0.500. The second-order valence-corrected chi connectivity index (χ2v) is 8.35. The van der Waals surface area contributed by atoms with Crippen LogP contribution >= 0.6 is 0 Å². The molecule has 32 heavy (non-hydrogen) atoms. The fourth-order valence-electron chi connectivity index (χ4n) is 4.69. The predicted molar refractivity (Wildman–Crippen MR) is 121 cm³/mol. The molecule has 1 saturated heterocycles. The average molecular weight is 438 g/mol. The number of para-hydroxylation sites is 1. The van der Waals surface area contributed by atoms with Gasteiger partial charge >= 0.3 is 0 Å². The minimum Gasteiger partial charge on any atom is -0.496 e. The lowest BCUT2D eigenvalue weighted by molar-refractivity contribution is -0.132. The smallest absolute Gasteiger partial charge is 0.223 e. The van der Waals surface area contributed by atoms with Crippen LogP contribution < -0.4 is 10.1 Å². The van der Waals surface area contributed by atoms with Crippen LogP contribution in [0.15, 0.2) is 24.3 Å². The topological polar surface area (TPSA) is 87.7 Å². The van der Waals surface area contributed by atoms with Crippen LogP contribution in [-0.2, 0) is 29.0 Å². The molecule has 3 heterocycles. The Labute approximate surface area is 189 Å². The third-order valence-electron chi connectivity index (χ3n) is 6.43. The van der Waals surface area contributed by atoms with E-state index in [4.69, 9.17) is 14.7 Å². The van der Waals surface area contributed by atoms with Crippen LogP contribution in [0.5, 0.6) is 5.75 Å². The minimum absolute atomic E-state index is 0.0596. The first-order chi connectivity index (χ1) is 15.5. The van der Waals surface area contributed by atoms with Crippen LogP contribution in [-0.4, -0.2) is 58.8 Å². The van der Waals surface area contributed by atoms with E-state index < -0.39 is 0 Å². The summed E-state index contributed by atoms with van der Waals surface area (Å²) in [6.07, 6.45) is 3.57. The third kappa shape index (κ3) is 4.40. The Bertz CT molecular complexity index is 992. The molecule has 1 aromatic carbocycles. The highest BCUT2D eigenvalue weighted by Gasteiger charge is 2.33. The Hall–Kier alpha value is -3.16. The molecule has 0 radical (unpaired) electrons. The van der Waals surface area contributed by atoms with Crippen molar-refractivity contribution in [1.82, 2.24) is 19.8 Å². The fourth-order valence-corrected chi connectivity index (χ4v) is 4.69. The molecule has 2 aromatic rings. The van der Waals surface area contributed by atoms with Crippen LogP contribution in [0.25, 0.3) is 0 Å². The van der Waals surface area contributed by atoms with Crippen LogP contribution in [0.1, 0.15) is 54.9 Å². The Morgan fingerprint density at radius 2 is 2.03 bits per heavy atom. The number of hydrogen-bond donors (Lipinski definition) is 1. The number of benzene rings is 1. The van der Waals surface area contributed by atoms with E-state index in [1.54, 1.807) is 14.0 Å². The molecule has 2 aliphatic heterocycles. The molecule has 1 unspecified atom stereocenters. The molecule has 0 aliphatic carbocycles. The van der Waals surface area contributed by atoms with Gasteiger partial charge in [0.1, 0.15) is 11.6 Å². The van der Waals surface area contributed by atoms with Crippen LogP contribution in [0.2, 0.25) is 0 Å². The SMILES string of the molecule is CNc1nc(C2CCCN2C(=O)CCc2ccccc2OC)nc2c1CN(C(C)=O)CC2. The summed E-state index contributed by atoms with van der Waals surface area (Å²) in [4.78, 5) is 38.4. The highest BCUT2D eigenvalue weighted by Crippen LogP contribution is 2.34. The molecule has 1 atom stereocenters. The van der Waals surface area contributed by atoms with Gasteiger partial charge in [0.05, 0.1) is 25.4 Å². The van der Waals surface area contributed by atoms with E-state index in [1.165, 1.54) is 0 Å². The molecule has 2 amide bonds. The van der Waals surface area contributed by atoms with Crippen molar-refractivity contribution in [3.8, 4) is 5.75 Å². The first-order valence-electron chi connectivity index (χ1n) is 11.3. The summed E-state index contributed by atoms with van der Waals surface area (Å²) in [6, 6.07) is 7.72. The summed E-state index contributed by atoms with van der Waals surface area (Å²) >= 11 is 0. The third-order valence-corrected chi connectivity index (χ3v) is 6.43. The number of aromatic nitrogens is 2. The van der Waals surface area contributed by atoms with E-state index in [-0.39, 0.29) is 17.9 Å². The first-order valence-corrected chi connectivity index (χ1v) is 11.3. The summed E-state index contributed by atoms with van der Waals surface area (Å²) in [7, 11) is 3.49. The van der Waals surface area contributed by atoms with E-state index >= 15 is 0 Å². The van der Waals surface area contributed by atoms with Crippen LogP contribution in [0, 0.1) is 0 Å². The van der Waals surface area contributed by atoms with Crippen molar-refractivity contribution in [3.05, 3.63) is 46.9 Å². The van der Waals surface area contributed by atoms with Gasteiger partial charge in [0, 0.05) is 45.5 Å². The van der Waals surface area contributed by atoms with Gasteiger partial charge in [-0.25, -0.2) is 9.97 Å². The maximum absolute atomic E-state index is 13.1. The molecular formula is C24H31N5O3. The highest BCUT2D eigenvalue weighted by atomic mass is 16.5. The molecule has 4 rings (SSSR count). The van der Waals surface area contributed by atoms with Gasteiger partial charge in [-0.1, -0.05) is 18.2 Å². The van der Waals surface area contributed by atoms with E-state index in [0.29, 0.717) is 38.2 Å². The van der Waals surface area contributed by atoms with Crippen molar-refractivity contribution < 1.29 is 14.3 Å². The predicted octanol–water partition coefficient (Wildman–Crippen LogP) is 2.73. The maximum Gasteiger partial charge on any atom is 0.223 e. The summed E-state index contributed by atoms with van der Waals surface area (Å²) in [6.45, 7) is 3.50. The van der Waals surface area contributed by atoms with Crippen LogP contribution in [0.3, 0.4) is 0 Å². The monoisotopic (exact) mass is 437 g/mol. The molecule has 1 fully saturated rings. The standard InChI is InChI=1S/C24H31N5O3/c1-16(30)28-14-12-19-18(15-28)23(25-2)27-24(26-19)20-8-6-13-29(20)22(31)11-10-17-7-4-5-9-21(17)32-3/h4-5,7,9,20H,6,8,10-15H2,1-3H3,(H,25,26,27). The number of hydrogen-bond acceptors (Lipinski definition) is 6. The number of ether oxygens (including phenoxy) is 1. The van der Waals surface area contributed by atoms with E-state index in [1.807, 2.05) is 41.1 Å². The normalized spacial score (nSPS) is 17.8. The summed E-state index contributed by atoms with van der Waals surface area (Å²) in [5.74, 6) is 2.45. The molecule has 0 bridgehead atoms. The summed E-state index contributed by atoms with van der Waals surface area (Å²) < 4.78 is 5.42. The Kier molecular flexibility index (Phi) is 6.58. The highest BCUT2D eigenvalue weighted by molar-refractivity contribution is 5.77. The van der Waals surface area contributed by atoms with Crippen LogP contribution in [0.4, 0.5) is 5.82 Å². The molecule has 1 N–H and O–H groups in total. The number of rotatable bonds is 6. The number of nitrogens with one attached hydrogen (secondary N) is 1. The number of likely N-dealkylation sites (tertiary alicyclic amines) is 1. The number of aryl methyl sites for hydroxylation is 1. The number of anilines is 1. The number of carbonyl (C=O) groups excluding carboxylic acids is 2. The summed E-state index contributed by atoms with van der Waals surface area (Å²) in [5, 5.41) is 3.18. The second kappa shape index (κ2) is 9.54. The summed E-state index contributed by atoms with van der Waals surface area (Å²) in [5.41, 5.74) is 2.99. The van der Waals surface area contributed by atoms with Gasteiger partial charge in [-0.15, -0.1) is 0 Å². The van der Waals surface area contributed by atoms with E-state index in [2.05, 4.69) is 5.32 Å². The number of amides is 2. The average Bonchev–Trinajstić information content (AvgIpc) is 3.31. The lowest BCUT2D eigenvalue weighted by Gasteiger charge is -2.30. The van der Waals surface area contributed by atoms with Gasteiger partial charge in [0.25, 0.3) is 0 Å². The second-order valence-electron chi connectivity index (χ2n) is 8.35.